The summed E-state index contributed by atoms with van der Waals surface area (Å²) < 4.78 is 0. The first kappa shape index (κ1) is 8.11. The minimum atomic E-state index is -0.124. The number of H-pyrrole nitrogens is 1. The fraction of sp³-hybridized carbons (Fsp3) is 0. The first-order chi connectivity index (χ1) is 7.34. The minimum absolute atomic E-state index is 0.124. The van der Waals surface area contributed by atoms with Gasteiger partial charge >= 0.3 is 0 Å². The summed E-state index contributed by atoms with van der Waals surface area (Å²) in [5.74, 6) is 0. The van der Waals surface area contributed by atoms with Crippen molar-refractivity contribution in [3.05, 3.63) is 47.0 Å². The van der Waals surface area contributed by atoms with Crippen molar-refractivity contribution in [2.24, 2.45) is 0 Å². The Balaban J connectivity index is 2.63. The van der Waals surface area contributed by atoms with Crippen LogP contribution in [-0.4, -0.2) is 15.0 Å². The highest BCUT2D eigenvalue weighted by molar-refractivity contribution is 5.99. The van der Waals surface area contributed by atoms with Crippen molar-refractivity contribution < 1.29 is 0 Å². The van der Waals surface area contributed by atoms with E-state index in [0.717, 1.165) is 21.9 Å². The van der Waals surface area contributed by atoms with Crippen LogP contribution in [0.4, 0.5) is 0 Å². The summed E-state index contributed by atoms with van der Waals surface area (Å²) in [6, 6.07) is 6.92. The second-order valence-corrected chi connectivity index (χ2v) is 3.28. The Hall–Kier alpha value is -2.23. The number of hydrogen-bond acceptors (Lipinski definition) is 3. The van der Waals surface area contributed by atoms with Crippen LogP contribution in [0.3, 0.4) is 0 Å². The van der Waals surface area contributed by atoms with Crippen molar-refractivity contribution in [1.29, 1.82) is 0 Å². The number of fused-ring (bicyclic) bond motifs is 3. The molecule has 0 aliphatic carbocycles. The topological polar surface area (TPSA) is 58.6 Å². The summed E-state index contributed by atoms with van der Waals surface area (Å²) in [5, 5.41) is 0.890. The first-order valence-corrected chi connectivity index (χ1v) is 4.57. The van der Waals surface area contributed by atoms with E-state index in [1.807, 2.05) is 12.1 Å². The molecule has 3 aromatic rings. The van der Waals surface area contributed by atoms with Crippen molar-refractivity contribution in [1.82, 2.24) is 15.0 Å². The monoisotopic (exact) mass is 197 g/mol. The Bertz CT molecular complexity index is 703. The SMILES string of the molecule is O=c1ccc2cnc3cccnc3c2[nH]1. The molecule has 0 fully saturated rings. The second kappa shape index (κ2) is 2.88. The van der Waals surface area contributed by atoms with Gasteiger partial charge in [0.2, 0.25) is 5.56 Å². The number of hydrogen-bond donors (Lipinski definition) is 1. The van der Waals surface area contributed by atoms with Gasteiger partial charge in [0.1, 0.15) is 5.52 Å². The summed E-state index contributed by atoms with van der Waals surface area (Å²) in [7, 11) is 0. The number of aromatic nitrogens is 3. The maximum atomic E-state index is 11.2. The fourth-order valence-electron chi connectivity index (χ4n) is 1.62. The van der Waals surface area contributed by atoms with E-state index in [0.29, 0.717) is 0 Å². The van der Waals surface area contributed by atoms with Gasteiger partial charge in [-0.05, 0) is 18.2 Å². The normalized spacial score (nSPS) is 10.9. The average Bonchev–Trinajstić information content (AvgIpc) is 2.29. The number of rotatable bonds is 0. The van der Waals surface area contributed by atoms with E-state index in [4.69, 9.17) is 0 Å². The van der Waals surface area contributed by atoms with Crippen molar-refractivity contribution in [3.63, 3.8) is 0 Å². The van der Waals surface area contributed by atoms with Gasteiger partial charge in [-0.25, -0.2) is 0 Å². The van der Waals surface area contributed by atoms with Gasteiger partial charge in [0.15, 0.2) is 0 Å². The van der Waals surface area contributed by atoms with Crippen LogP contribution >= 0.6 is 0 Å². The Morgan fingerprint density at radius 2 is 2.07 bits per heavy atom. The van der Waals surface area contributed by atoms with E-state index in [2.05, 4.69) is 15.0 Å². The molecule has 15 heavy (non-hydrogen) atoms. The van der Waals surface area contributed by atoms with Gasteiger partial charge in [0, 0.05) is 23.8 Å². The molecule has 0 amide bonds. The van der Waals surface area contributed by atoms with Crippen LogP contribution in [0.2, 0.25) is 0 Å². The molecule has 3 aromatic heterocycles. The van der Waals surface area contributed by atoms with Crippen LogP contribution in [-0.2, 0) is 0 Å². The molecular formula is C11H7N3O. The minimum Gasteiger partial charge on any atom is -0.320 e. The first-order valence-electron chi connectivity index (χ1n) is 4.57. The number of nitrogens with one attached hydrogen (secondary N) is 1. The highest BCUT2D eigenvalue weighted by atomic mass is 16.1. The van der Waals surface area contributed by atoms with Gasteiger partial charge in [0.05, 0.1) is 11.0 Å². The third-order valence-corrected chi connectivity index (χ3v) is 2.32. The Morgan fingerprint density at radius 1 is 1.13 bits per heavy atom. The van der Waals surface area contributed by atoms with E-state index in [9.17, 15) is 4.79 Å². The van der Waals surface area contributed by atoms with Gasteiger partial charge < -0.3 is 4.98 Å². The number of aromatic amines is 1. The summed E-state index contributed by atoms with van der Waals surface area (Å²) in [5.41, 5.74) is 2.13. The summed E-state index contributed by atoms with van der Waals surface area (Å²) in [4.78, 5) is 22.5. The van der Waals surface area contributed by atoms with Crippen LogP contribution < -0.4 is 5.56 Å². The molecule has 0 unspecified atom stereocenters. The smallest absolute Gasteiger partial charge is 0.248 e. The standard InChI is InChI=1S/C11H7N3O/c15-9-4-3-7-6-13-8-2-1-5-12-11(8)10(7)14-9/h1-6H,(H,14,15). The lowest BCUT2D eigenvalue weighted by atomic mass is 10.2. The van der Waals surface area contributed by atoms with Crippen LogP contribution in [0.15, 0.2) is 41.5 Å². The van der Waals surface area contributed by atoms with Crippen LogP contribution in [0.1, 0.15) is 0 Å². The van der Waals surface area contributed by atoms with E-state index in [1.54, 1.807) is 18.5 Å². The molecule has 3 rings (SSSR count). The lowest BCUT2D eigenvalue weighted by Gasteiger charge is -2.00. The van der Waals surface area contributed by atoms with Crippen molar-refractivity contribution in [3.8, 4) is 0 Å². The third kappa shape index (κ3) is 1.19. The Kier molecular flexibility index (Phi) is 1.56. The third-order valence-electron chi connectivity index (χ3n) is 2.32. The zero-order chi connectivity index (χ0) is 10.3. The van der Waals surface area contributed by atoms with Crippen molar-refractivity contribution in [2.45, 2.75) is 0 Å². The summed E-state index contributed by atoms with van der Waals surface area (Å²) >= 11 is 0. The predicted molar refractivity (Wildman–Crippen MR) is 57.7 cm³/mol. The quantitative estimate of drug-likeness (QED) is 0.555. The van der Waals surface area contributed by atoms with Gasteiger partial charge in [-0.3, -0.25) is 14.8 Å². The Labute approximate surface area is 84.6 Å². The van der Waals surface area contributed by atoms with Crippen LogP contribution in [0.25, 0.3) is 21.9 Å². The molecule has 0 saturated heterocycles. The lowest BCUT2D eigenvalue weighted by molar-refractivity contribution is 1.28. The molecule has 72 valence electrons. The molecule has 4 nitrogen and oxygen atoms in total. The molecule has 3 heterocycles. The van der Waals surface area contributed by atoms with E-state index in [1.165, 1.54) is 6.07 Å². The number of nitrogens with zero attached hydrogens (tertiary/aromatic N) is 2. The molecule has 0 aromatic carbocycles. The van der Waals surface area contributed by atoms with Crippen LogP contribution in [0, 0.1) is 0 Å². The van der Waals surface area contributed by atoms with Gasteiger partial charge in [-0.1, -0.05) is 0 Å². The lowest BCUT2D eigenvalue weighted by Crippen LogP contribution is -2.03. The molecule has 1 N–H and O–H groups in total. The van der Waals surface area contributed by atoms with Gasteiger partial charge in [0.25, 0.3) is 0 Å². The van der Waals surface area contributed by atoms with Gasteiger partial charge in [-0.15, -0.1) is 0 Å². The van der Waals surface area contributed by atoms with E-state index < -0.39 is 0 Å². The highest BCUT2D eigenvalue weighted by Crippen LogP contribution is 2.17. The zero-order valence-electron chi connectivity index (χ0n) is 7.77. The molecular weight excluding hydrogens is 190 g/mol. The summed E-state index contributed by atoms with van der Waals surface area (Å²) in [6.45, 7) is 0. The fourth-order valence-corrected chi connectivity index (χ4v) is 1.62. The maximum Gasteiger partial charge on any atom is 0.248 e. The largest absolute Gasteiger partial charge is 0.320 e. The Morgan fingerprint density at radius 3 is 3.00 bits per heavy atom. The summed E-state index contributed by atoms with van der Waals surface area (Å²) in [6.07, 6.45) is 3.42. The van der Waals surface area contributed by atoms with E-state index >= 15 is 0 Å². The van der Waals surface area contributed by atoms with Gasteiger partial charge in [-0.2, -0.15) is 0 Å². The van der Waals surface area contributed by atoms with Crippen molar-refractivity contribution in [2.75, 3.05) is 0 Å². The predicted octanol–water partition coefficient (Wildman–Crippen LogP) is 1.47. The highest BCUT2D eigenvalue weighted by Gasteiger charge is 2.02. The van der Waals surface area contributed by atoms with Crippen LogP contribution in [0.5, 0.6) is 0 Å². The second-order valence-electron chi connectivity index (χ2n) is 3.28. The van der Waals surface area contributed by atoms with Crippen molar-refractivity contribution >= 4 is 21.9 Å². The molecule has 0 aliphatic heterocycles. The molecule has 0 bridgehead atoms. The van der Waals surface area contributed by atoms with E-state index in [-0.39, 0.29) is 5.56 Å². The zero-order valence-corrected chi connectivity index (χ0v) is 7.77. The molecule has 0 saturated carbocycles. The maximum absolute atomic E-state index is 11.2. The molecule has 0 spiro atoms. The molecule has 0 radical (unpaired) electrons. The molecule has 0 aliphatic rings. The molecule has 4 heteroatoms. The molecule has 0 atom stereocenters. The average molecular weight is 197 g/mol. The number of pyridine rings is 3.